The molecule has 0 aliphatic carbocycles. The summed E-state index contributed by atoms with van der Waals surface area (Å²) in [5, 5.41) is 5.02. The van der Waals surface area contributed by atoms with Gasteiger partial charge in [0.25, 0.3) is 0 Å². The highest BCUT2D eigenvalue weighted by molar-refractivity contribution is 7.10. The molecule has 0 aliphatic rings. The van der Waals surface area contributed by atoms with Crippen molar-refractivity contribution in [2.24, 2.45) is 5.73 Å². The number of hydrogen-bond donors (Lipinski definition) is 2. The van der Waals surface area contributed by atoms with Crippen LogP contribution in [0.5, 0.6) is 0 Å². The molecule has 3 N–H and O–H groups in total. The molecule has 1 heterocycles. The molecular formula is C11H19ClN2OS. The molecule has 0 aromatic carbocycles. The molecule has 0 spiro atoms. The minimum absolute atomic E-state index is 0. The van der Waals surface area contributed by atoms with Gasteiger partial charge in [0, 0.05) is 17.3 Å². The Kier molecular flexibility index (Phi) is 7.38. The van der Waals surface area contributed by atoms with Crippen LogP contribution in [0.15, 0.2) is 17.5 Å². The summed E-state index contributed by atoms with van der Waals surface area (Å²) in [5.41, 5.74) is 5.57. The largest absolute Gasteiger partial charge is 0.348 e. The van der Waals surface area contributed by atoms with Gasteiger partial charge in [-0.2, -0.15) is 0 Å². The SMILES string of the molecule is CCC(NC(=O)CC(C)N)c1cccs1.Cl. The summed E-state index contributed by atoms with van der Waals surface area (Å²) < 4.78 is 0. The second-order valence-electron chi connectivity index (χ2n) is 3.73. The molecule has 1 aromatic rings. The highest BCUT2D eigenvalue weighted by Crippen LogP contribution is 2.21. The first-order chi connectivity index (χ1) is 7.13. The molecule has 0 saturated carbocycles. The van der Waals surface area contributed by atoms with E-state index in [1.807, 2.05) is 24.4 Å². The number of halogens is 1. The summed E-state index contributed by atoms with van der Waals surface area (Å²) in [5.74, 6) is 0.0326. The molecule has 0 saturated heterocycles. The van der Waals surface area contributed by atoms with Crippen LogP contribution in [-0.4, -0.2) is 11.9 Å². The standard InChI is InChI=1S/C11H18N2OS.ClH/c1-3-9(10-5-4-6-15-10)13-11(14)7-8(2)12;/h4-6,8-9H,3,7,12H2,1-2H3,(H,13,14);1H. The van der Waals surface area contributed by atoms with Crippen molar-refractivity contribution in [2.45, 2.75) is 38.8 Å². The van der Waals surface area contributed by atoms with Crippen molar-refractivity contribution >= 4 is 29.7 Å². The van der Waals surface area contributed by atoms with Gasteiger partial charge in [0.15, 0.2) is 0 Å². The molecule has 0 bridgehead atoms. The molecule has 92 valence electrons. The van der Waals surface area contributed by atoms with E-state index in [-0.39, 0.29) is 30.4 Å². The van der Waals surface area contributed by atoms with Crippen molar-refractivity contribution in [2.75, 3.05) is 0 Å². The Morgan fingerprint density at radius 3 is 2.75 bits per heavy atom. The molecule has 1 rings (SSSR count). The fourth-order valence-electron chi connectivity index (χ4n) is 1.41. The third-order valence-electron chi connectivity index (χ3n) is 2.14. The smallest absolute Gasteiger partial charge is 0.222 e. The van der Waals surface area contributed by atoms with Crippen LogP contribution in [-0.2, 0) is 4.79 Å². The van der Waals surface area contributed by atoms with Crippen molar-refractivity contribution in [1.82, 2.24) is 5.32 Å². The van der Waals surface area contributed by atoms with Gasteiger partial charge in [-0.3, -0.25) is 4.79 Å². The Labute approximate surface area is 107 Å². The molecule has 2 unspecified atom stereocenters. The average molecular weight is 263 g/mol. The maximum Gasteiger partial charge on any atom is 0.222 e. The average Bonchev–Trinajstić information content (AvgIpc) is 2.65. The normalized spacial score (nSPS) is 13.7. The maximum atomic E-state index is 11.5. The zero-order valence-electron chi connectivity index (χ0n) is 9.60. The Bertz CT molecular complexity index is 301. The molecule has 2 atom stereocenters. The summed E-state index contributed by atoms with van der Waals surface area (Å²) in [4.78, 5) is 12.7. The zero-order chi connectivity index (χ0) is 11.3. The first-order valence-electron chi connectivity index (χ1n) is 5.21. The Morgan fingerprint density at radius 1 is 1.62 bits per heavy atom. The van der Waals surface area contributed by atoms with E-state index in [1.54, 1.807) is 11.3 Å². The lowest BCUT2D eigenvalue weighted by Gasteiger charge is -2.16. The van der Waals surface area contributed by atoms with Crippen molar-refractivity contribution in [3.8, 4) is 0 Å². The second-order valence-corrected chi connectivity index (χ2v) is 4.70. The Morgan fingerprint density at radius 2 is 2.31 bits per heavy atom. The lowest BCUT2D eigenvalue weighted by Crippen LogP contribution is -2.32. The molecule has 1 amide bonds. The van der Waals surface area contributed by atoms with Crippen molar-refractivity contribution in [1.29, 1.82) is 0 Å². The van der Waals surface area contributed by atoms with E-state index in [0.717, 1.165) is 6.42 Å². The number of amides is 1. The predicted octanol–water partition coefficient (Wildman–Crippen LogP) is 2.47. The van der Waals surface area contributed by atoms with E-state index in [0.29, 0.717) is 6.42 Å². The van der Waals surface area contributed by atoms with Crippen LogP contribution in [0.25, 0.3) is 0 Å². The number of hydrogen-bond acceptors (Lipinski definition) is 3. The zero-order valence-corrected chi connectivity index (χ0v) is 11.2. The highest BCUT2D eigenvalue weighted by atomic mass is 35.5. The van der Waals surface area contributed by atoms with E-state index in [4.69, 9.17) is 5.73 Å². The van der Waals surface area contributed by atoms with E-state index < -0.39 is 0 Å². The van der Waals surface area contributed by atoms with Gasteiger partial charge in [-0.1, -0.05) is 13.0 Å². The van der Waals surface area contributed by atoms with Gasteiger partial charge in [0.1, 0.15) is 0 Å². The van der Waals surface area contributed by atoms with E-state index >= 15 is 0 Å². The topological polar surface area (TPSA) is 55.1 Å². The molecule has 1 aromatic heterocycles. The number of nitrogens with one attached hydrogen (secondary N) is 1. The van der Waals surface area contributed by atoms with Crippen LogP contribution in [0.3, 0.4) is 0 Å². The van der Waals surface area contributed by atoms with Crippen LogP contribution in [0.1, 0.15) is 37.6 Å². The molecule has 16 heavy (non-hydrogen) atoms. The minimum Gasteiger partial charge on any atom is -0.348 e. The number of carbonyl (C=O) groups excluding carboxylic acids is 1. The van der Waals surface area contributed by atoms with Crippen LogP contribution in [0.4, 0.5) is 0 Å². The summed E-state index contributed by atoms with van der Waals surface area (Å²) in [6.45, 7) is 3.90. The number of carbonyl (C=O) groups is 1. The van der Waals surface area contributed by atoms with Gasteiger partial charge in [-0.05, 0) is 24.8 Å². The van der Waals surface area contributed by atoms with Gasteiger partial charge in [-0.25, -0.2) is 0 Å². The lowest BCUT2D eigenvalue weighted by atomic mass is 10.1. The lowest BCUT2D eigenvalue weighted by molar-refractivity contribution is -0.122. The highest BCUT2D eigenvalue weighted by Gasteiger charge is 2.13. The first kappa shape index (κ1) is 15.4. The first-order valence-corrected chi connectivity index (χ1v) is 6.09. The number of nitrogens with two attached hydrogens (primary N) is 1. The predicted molar refractivity (Wildman–Crippen MR) is 71.0 cm³/mol. The quantitative estimate of drug-likeness (QED) is 0.857. The van der Waals surface area contributed by atoms with Crippen LogP contribution in [0.2, 0.25) is 0 Å². The van der Waals surface area contributed by atoms with E-state index in [9.17, 15) is 4.79 Å². The summed E-state index contributed by atoms with van der Waals surface area (Å²) >= 11 is 1.67. The fraction of sp³-hybridized carbons (Fsp3) is 0.545. The monoisotopic (exact) mass is 262 g/mol. The molecule has 3 nitrogen and oxygen atoms in total. The molecule has 0 radical (unpaired) electrons. The summed E-state index contributed by atoms with van der Waals surface area (Å²) in [7, 11) is 0. The van der Waals surface area contributed by atoms with Gasteiger partial charge < -0.3 is 11.1 Å². The van der Waals surface area contributed by atoms with Gasteiger partial charge in [-0.15, -0.1) is 23.7 Å². The summed E-state index contributed by atoms with van der Waals surface area (Å²) in [6.07, 6.45) is 1.30. The Hall–Kier alpha value is -0.580. The van der Waals surface area contributed by atoms with E-state index in [1.165, 1.54) is 4.88 Å². The number of rotatable bonds is 5. The van der Waals surface area contributed by atoms with Gasteiger partial charge in [0.2, 0.25) is 5.91 Å². The fourth-order valence-corrected chi connectivity index (χ4v) is 2.27. The van der Waals surface area contributed by atoms with Crippen LogP contribution < -0.4 is 11.1 Å². The molecule has 5 heteroatoms. The van der Waals surface area contributed by atoms with Gasteiger partial charge in [0.05, 0.1) is 6.04 Å². The second kappa shape index (κ2) is 7.65. The minimum atomic E-state index is -0.0779. The molecule has 0 aliphatic heterocycles. The Balaban J connectivity index is 0.00000225. The third-order valence-corrected chi connectivity index (χ3v) is 3.12. The van der Waals surface area contributed by atoms with Crippen LogP contribution in [0, 0.1) is 0 Å². The third kappa shape index (κ3) is 4.96. The van der Waals surface area contributed by atoms with Gasteiger partial charge >= 0.3 is 0 Å². The van der Waals surface area contributed by atoms with Crippen LogP contribution >= 0.6 is 23.7 Å². The van der Waals surface area contributed by atoms with Crippen molar-refractivity contribution < 1.29 is 4.79 Å². The molecule has 0 fully saturated rings. The van der Waals surface area contributed by atoms with E-state index in [2.05, 4.69) is 12.2 Å². The summed E-state index contributed by atoms with van der Waals surface area (Å²) in [6, 6.07) is 4.10. The maximum absolute atomic E-state index is 11.5. The van der Waals surface area contributed by atoms with Crippen molar-refractivity contribution in [3.63, 3.8) is 0 Å². The number of thiophene rings is 1. The molecular weight excluding hydrogens is 244 g/mol. The van der Waals surface area contributed by atoms with Crippen molar-refractivity contribution in [3.05, 3.63) is 22.4 Å².